The zero-order valence-electron chi connectivity index (χ0n) is 9.80. The minimum Gasteiger partial charge on any atom is -0.396 e. The summed E-state index contributed by atoms with van der Waals surface area (Å²) in [6.45, 7) is -0.0728. The lowest BCUT2D eigenvalue weighted by atomic mass is 10.2. The quantitative estimate of drug-likeness (QED) is 0.862. The zero-order chi connectivity index (χ0) is 13.8. The fraction of sp³-hybridized carbons (Fsp3) is 0.0833. The molecule has 0 spiro atoms. The van der Waals surface area contributed by atoms with Gasteiger partial charge in [-0.25, -0.2) is 4.39 Å². The number of anilines is 2. The number of carbonyl (C=O) groups excluding carboxylic acids is 1. The summed E-state index contributed by atoms with van der Waals surface area (Å²) in [6.07, 6.45) is 2.91. The average molecular weight is 259 g/mol. The van der Waals surface area contributed by atoms with Crippen LogP contribution in [0.1, 0.15) is 5.56 Å². The fourth-order valence-electron chi connectivity index (χ4n) is 1.49. The third kappa shape index (κ3) is 3.07. The van der Waals surface area contributed by atoms with Crippen LogP contribution < -0.4 is 11.1 Å². The molecule has 0 bridgehead atoms. The number of hydrogen-bond donors (Lipinski definition) is 2. The Bertz CT molecular complexity index is 658. The summed E-state index contributed by atoms with van der Waals surface area (Å²) in [6, 6.07) is 5.63. The summed E-state index contributed by atoms with van der Waals surface area (Å²) < 4.78 is 14.9. The van der Waals surface area contributed by atoms with Gasteiger partial charge >= 0.3 is 0 Å². The van der Waals surface area contributed by atoms with Gasteiger partial charge in [-0.3, -0.25) is 9.48 Å². The van der Waals surface area contributed by atoms with Gasteiger partial charge in [0.25, 0.3) is 0 Å². The second kappa shape index (κ2) is 5.18. The van der Waals surface area contributed by atoms with Gasteiger partial charge in [0.1, 0.15) is 12.4 Å². The average Bonchev–Trinajstić information content (AvgIpc) is 2.77. The standard InChI is InChI=1S/C12H10FN5O/c13-10-3-8(4-14)1-2-11(10)17-12(19)7-18-6-9(15)5-16-18/h1-3,5-6H,7,15H2,(H,17,19). The van der Waals surface area contributed by atoms with Gasteiger partial charge in [0, 0.05) is 6.20 Å². The lowest BCUT2D eigenvalue weighted by molar-refractivity contribution is -0.116. The number of aromatic nitrogens is 2. The van der Waals surface area contributed by atoms with Gasteiger partial charge in [-0.2, -0.15) is 10.4 Å². The third-order valence-electron chi connectivity index (χ3n) is 2.33. The Morgan fingerprint density at radius 1 is 1.58 bits per heavy atom. The van der Waals surface area contributed by atoms with Gasteiger partial charge in [-0.05, 0) is 18.2 Å². The topological polar surface area (TPSA) is 96.7 Å². The van der Waals surface area contributed by atoms with Crippen LogP contribution >= 0.6 is 0 Å². The Balaban J connectivity index is 2.05. The van der Waals surface area contributed by atoms with Crippen molar-refractivity contribution in [1.82, 2.24) is 9.78 Å². The summed E-state index contributed by atoms with van der Waals surface area (Å²) >= 11 is 0. The molecule has 0 aliphatic rings. The number of nitrogens with zero attached hydrogens (tertiary/aromatic N) is 3. The van der Waals surface area contributed by atoms with E-state index < -0.39 is 11.7 Å². The van der Waals surface area contributed by atoms with Crippen LogP contribution in [0.15, 0.2) is 30.6 Å². The second-order valence-electron chi connectivity index (χ2n) is 3.83. The minimum atomic E-state index is -0.660. The number of rotatable bonds is 3. The smallest absolute Gasteiger partial charge is 0.246 e. The highest BCUT2D eigenvalue weighted by molar-refractivity contribution is 5.90. The molecular formula is C12H10FN5O. The first-order chi connectivity index (χ1) is 9.08. The van der Waals surface area contributed by atoms with Crippen molar-refractivity contribution in [3.8, 4) is 6.07 Å². The highest BCUT2D eigenvalue weighted by atomic mass is 19.1. The molecule has 0 fully saturated rings. The molecule has 1 aromatic heterocycles. The van der Waals surface area contributed by atoms with Crippen LogP contribution in [0.4, 0.5) is 15.8 Å². The summed E-state index contributed by atoms with van der Waals surface area (Å²) in [4.78, 5) is 11.7. The Hall–Kier alpha value is -2.88. The lowest BCUT2D eigenvalue weighted by Crippen LogP contribution is -2.19. The van der Waals surface area contributed by atoms with Crippen LogP contribution in [0.25, 0.3) is 0 Å². The molecule has 0 aliphatic carbocycles. The Morgan fingerprint density at radius 3 is 2.95 bits per heavy atom. The number of nitrogens with one attached hydrogen (secondary N) is 1. The first-order valence-corrected chi connectivity index (χ1v) is 5.36. The van der Waals surface area contributed by atoms with Crippen LogP contribution in [0.2, 0.25) is 0 Å². The molecule has 0 unspecified atom stereocenters. The predicted octanol–water partition coefficient (Wildman–Crippen LogP) is 1.11. The monoisotopic (exact) mass is 259 g/mol. The molecule has 0 atom stereocenters. The van der Waals surface area contributed by atoms with Crippen LogP contribution in [-0.4, -0.2) is 15.7 Å². The number of halogens is 1. The zero-order valence-corrected chi connectivity index (χ0v) is 9.80. The maximum Gasteiger partial charge on any atom is 0.246 e. The van der Waals surface area contributed by atoms with Crippen molar-refractivity contribution in [2.75, 3.05) is 11.1 Å². The van der Waals surface area contributed by atoms with Crippen molar-refractivity contribution in [2.45, 2.75) is 6.54 Å². The Kier molecular flexibility index (Phi) is 3.43. The van der Waals surface area contributed by atoms with Crippen molar-refractivity contribution in [3.05, 3.63) is 42.0 Å². The maximum absolute atomic E-state index is 13.5. The summed E-state index contributed by atoms with van der Waals surface area (Å²) in [5.74, 6) is -1.10. The van der Waals surface area contributed by atoms with Crippen LogP contribution in [-0.2, 0) is 11.3 Å². The molecule has 0 saturated heterocycles. The number of carbonyl (C=O) groups is 1. The number of hydrogen-bond acceptors (Lipinski definition) is 4. The second-order valence-corrected chi connectivity index (χ2v) is 3.83. The lowest BCUT2D eigenvalue weighted by Gasteiger charge is -2.06. The van der Waals surface area contributed by atoms with E-state index in [2.05, 4.69) is 10.4 Å². The molecule has 0 saturated carbocycles. The van der Waals surface area contributed by atoms with E-state index in [0.717, 1.165) is 6.07 Å². The van der Waals surface area contributed by atoms with Crippen molar-refractivity contribution < 1.29 is 9.18 Å². The normalized spacial score (nSPS) is 9.89. The van der Waals surface area contributed by atoms with E-state index in [1.807, 2.05) is 6.07 Å². The summed E-state index contributed by atoms with van der Waals surface area (Å²) in [7, 11) is 0. The van der Waals surface area contributed by atoms with E-state index in [1.54, 1.807) is 0 Å². The first kappa shape index (κ1) is 12.6. The fourth-order valence-corrected chi connectivity index (χ4v) is 1.49. The number of nitriles is 1. The predicted molar refractivity (Wildman–Crippen MR) is 66.4 cm³/mol. The van der Waals surface area contributed by atoms with Crippen LogP contribution in [0, 0.1) is 17.1 Å². The first-order valence-electron chi connectivity index (χ1n) is 5.36. The molecule has 7 heteroatoms. The van der Waals surface area contributed by atoms with E-state index in [-0.39, 0.29) is 17.8 Å². The minimum absolute atomic E-state index is 0.0177. The van der Waals surface area contributed by atoms with Gasteiger partial charge in [0.15, 0.2) is 0 Å². The molecule has 1 aromatic carbocycles. The molecule has 6 nitrogen and oxygen atoms in total. The van der Waals surface area contributed by atoms with Crippen LogP contribution in [0.5, 0.6) is 0 Å². The van der Waals surface area contributed by atoms with Gasteiger partial charge in [0.05, 0.1) is 29.2 Å². The molecule has 0 aliphatic heterocycles. The third-order valence-corrected chi connectivity index (χ3v) is 2.33. The number of nitrogens with two attached hydrogens (primary N) is 1. The van der Waals surface area contributed by atoms with Crippen molar-refractivity contribution in [3.63, 3.8) is 0 Å². The summed E-state index contributed by atoms with van der Waals surface area (Å²) in [5.41, 5.74) is 6.11. The van der Waals surface area contributed by atoms with E-state index in [0.29, 0.717) is 5.69 Å². The summed E-state index contributed by atoms with van der Waals surface area (Å²) in [5, 5.41) is 14.8. The molecule has 1 amide bonds. The van der Waals surface area contributed by atoms with Gasteiger partial charge < -0.3 is 11.1 Å². The molecule has 1 heterocycles. The molecule has 96 valence electrons. The van der Waals surface area contributed by atoms with E-state index in [1.165, 1.54) is 29.2 Å². The molecule has 2 rings (SSSR count). The van der Waals surface area contributed by atoms with Gasteiger partial charge in [0.2, 0.25) is 5.91 Å². The highest BCUT2D eigenvalue weighted by Gasteiger charge is 2.09. The van der Waals surface area contributed by atoms with Crippen molar-refractivity contribution >= 4 is 17.3 Å². The molecule has 3 N–H and O–H groups in total. The van der Waals surface area contributed by atoms with E-state index in [4.69, 9.17) is 11.0 Å². The molecule has 0 radical (unpaired) electrons. The van der Waals surface area contributed by atoms with Crippen molar-refractivity contribution in [2.24, 2.45) is 0 Å². The molecule has 2 aromatic rings. The Morgan fingerprint density at radius 2 is 2.37 bits per heavy atom. The number of amides is 1. The van der Waals surface area contributed by atoms with Crippen LogP contribution in [0.3, 0.4) is 0 Å². The maximum atomic E-state index is 13.5. The van der Waals surface area contributed by atoms with Crippen molar-refractivity contribution in [1.29, 1.82) is 5.26 Å². The van der Waals surface area contributed by atoms with Gasteiger partial charge in [-0.1, -0.05) is 0 Å². The number of nitrogen functional groups attached to an aromatic ring is 1. The number of benzene rings is 1. The van der Waals surface area contributed by atoms with E-state index in [9.17, 15) is 9.18 Å². The van der Waals surface area contributed by atoms with E-state index >= 15 is 0 Å². The largest absolute Gasteiger partial charge is 0.396 e. The highest BCUT2D eigenvalue weighted by Crippen LogP contribution is 2.15. The van der Waals surface area contributed by atoms with Gasteiger partial charge in [-0.15, -0.1) is 0 Å². The Labute approximate surface area is 108 Å². The molecular weight excluding hydrogens is 249 g/mol. The SMILES string of the molecule is N#Cc1ccc(NC(=O)Cn2cc(N)cn2)c(F)c1. The molecule has 19 heavy (non-hydrogen) atoms.